The van der Waals surface area contributed by atoms with Crippen molar-refractivity contribution in [1.82, 2.24) is 24.8 Å². The molecule has 28 heavy (non-hydrogen) atoms. The third kappa shape index (κ3) is 5.02. The first-order chi connectivity index (χ1) is 12.8. The summed E-state index contributed by atoms with van der Waals surface area (Å²) in [5, 5.41) is 3.49. The highest BCUT2D eigenvalue weighted by atomic mass is 35.5. The van der Waals surface area contributed by atoms with Crippen LogP contribution in [0.25, 0.3) is 0 Å². The van der Waals surface area contributed by atoms with Crippen molar-refractivity contribution in [1.29, 1.82) is 0 Å². The zero-order valence-corrected chi connectivity index (χ0v) is 17.3. The van der Waals surface area contributed by atoms with E-state index in [9.17, 15) is 0 Å². The number of nitrogens with zero attached hydrogens (tertiary/aromatic N) is 4. The minimum atomic E-state index is 0. The summed E-state index contributed by atoms with van der Waals surface area (Å²) in [5.41, 5.74) is 1.16. The maximum absolute atomic E-state index is 6.08. The van der Waals surface area contributed by atoms with Gasteiger partial charge in [0.25, 0.3) is 0 Å². The second-order valence-corrected chi connectivity index (χ2v) is 6.49. The van der Waals surface area contributed by atoms with Gasteiger partial charge in [-0.15, -0.1) is 24.8 Å². The Morgan fingerprint density at radius 1 is 1.14 bits per heavy atom. The number of piperazine rings is 1. The molecule has 8 heteroatoms. The van der Waals surface area contributed by atoms with E-state index in [-0.39, 0.29) is 30.9 Å². The molecular formula is C20H25Cl2N5O. The van der Waals surface area contributed by atoms with Gasteiger partial charge >= 0.3 is 0 Å². The second kappa shape index (κ2) is 10.4. The van der Waals surface area contributed by atoms with E-state index >= 15 is 0 Å². The Morgan fingerprint density at radius 2 is 2.00 bits per heavy atom. The summed E-state index contributed by atoms with van der Waals surface area (Å²) in [6.07, 6.45) is 7.35. The number of ether oxygens (including phenoxy) is 1. The lowest BCUT2D eigenvalue weighted by atomic mass is 10.1. The van der Waals surface area contributed by atoms with Crippen LogP contribution in [-0.4, -0.2) is 39.1 Å². The Balaban J connectivity index is 0.00000140. The van der Waals surface area contributed by atoms with Gasteiger partial charge in [0.15, 0.2) is 0 Å². The number of pyridine rings is 1. The number of para-hydroxylation sites is 1. The van der Waals surface area contributed by atoms with E-state index in [4.69, 9.17) is 4.74 Å². The topological polar surface area (TPSA) is 55.2 Å². The Morgan fingerprint density at radius 3 is 2.75 bits per heavy atom. The van der Waals surface area contributed by atoms with Gasteiger partial charge in [0.2, 0.25) is 0 Å². The van der Waals surface area contributed by atoms with Crippen LogP contribution in [0.4, 0.5) is 0 Å². The standard InChI is InChI=1S/C20H23N5O.2ClH/c1-24-11-10-23-20(24)18-14-22-9-12-25(18)15-16-5-2-3-7-19(16)26-17-6-4-8-21-13-17;;/h2-8,10-11,13,18,22H,9,12,14-15H2,1H3;2*1H. The van der Waals surface area contributed by atoms with E-state index in [1.807, 2.05) is 36.7 Å². The third-order valence-electron chi connectivity index (χ3n) is 4.72. The lowest BCUT2D eigenvalue weighted by Crippen LogP contribution is -2.46. The first-order valence-electron chi connectivity index (χ1n) is 8.89. The Bertz CT molecular complexity index is 859. The summed E-state index contributed by atoms with van der Waals surface area (Å²) >= 11 is 0. The SMILES string of the molecule is Cl.Cl.Cn1ccnc1C1CNCCN1Cc1ccccc1Oc1cccnc1. The fourth-order valence-electron chi connectivity index (χ4n) is 3.38. The van der Waals surface area contributed by atoms with Crippen LogP contribution in [0.15, 0.2) is 61.2 Å². The van der Waals surface area contributed by atoms with Crippen LogP contribution in [0.1, 0.15) is 17.4 Å². The van der Waals surface area contributed by atoms with Crippen molar-refractivity contribution >= 4 is 24.8 Å². The number of hydrogen-bond donors (Lipinski definition) is 1. The molecule has 1 aromatic carbocycles. The number of halogens is 2. The molecule has 1 saturated heterocycles. The molecule has 6 nitrogen and oxygen atoms in total. The minimum absolute atomic E-state index is 0. The van der Waals surface area contributed by atoms with Gasteiger partial charge in [-0.2, -0.15) is 0 Å². The molecule has 1 aliphatic rings. The molecule has 150 valence electrons. The molecule has 0 bridgehead atoms. The van der Waals surface area contributed by atoms with E-state index in [2.05, 4.69) is 43.9 Å². The third-order valence-corrected chi connectivity index (χ3v) is 4.72. The maximum Gasteiger partial charge on any atom is 0.145 e. The average molecular weight is 422 g/mol. The highest BCUT2D eigenvalue weighted by Gasteiger charge is 2.27. The zero-order chi connectivity index (χ0) is 17.8. The van der Waals surface area contributed by atoms with Crippen LogP contribution in [0, 0.1) is 0 Å². The van der Waals surface area contributed by atoms with Gasteiger partial charge in [-0.1, -0.05) is 18.2 Å². The number of aromatic nitrogens is 3. The van der Waals surface area contributed by atoms with Gasteiger partial charge in [0.05, 0.1) is 12.2 Å². The molecule has 1 atom stereocenters. The molecule has 3 aromatic rings. The molecule has 0 amide bonds. The predicted molar refractivity (Wildman–Crippen MR) is 114 cm³/mol. The molecule has 1 unspecified atom stereocenters. The van der Waals surface area contributed by atoms with Gasteiger partial charge in [0, 0.05) is 57.4 Å². The maximum atomic E-state index is 6.08. The van der Waals surface area contributed by atoms with Crippen LogP contribution >= 0.6 is 24.8 Å². The summed E-state index contributed by atoms with van der Waals surface area (Å²) in [5.74, 6) is 2.71. The highest BCUT2D eigenvalue weighted by molar-refractivity contribution is 5.85. The Labute approximate surface area is 177 Å². The molecule has 0 radical (unpaired) electrons. The van der Waals surface area contributed by atoms with Crippen LogP contribution < -0.4 is 10.1 Å². The summed E-state index contributed by atoms with van der Waals surface area (Å²) in [7, 11) is 2.05. The first-order valence-corrected chi connectivity index (χ1v) is 8.89. The number of imidazole rings is 1. The van der Waals surface area contributed by atoms with Crippen molar-refractivity contribution in [2.24, 2.45) is 7.05 Å². The summed E-state index contributed by atoms with van der Waals surface area (Å²) < 4.78 is 8.17. The van der Waals surface area contributed by atoms with Crippen molar-refractivity contribution in [3.63, 3.8) is 0 Å². The van der Waals surface area contributed by atoms with Crippen LogP contribution in [-0.2, 0) is 13.6 Å². The lowest BCUT2D eigenvalue weighted by molar-refractivity contribution is 0.143. The molecule has 4 rings (SSSR count). The number of nitrogens with one attached hydrogen (secondary N) is 1. The van der Waals surface area contributed by atoms with Crippen molar-refractivity contribution in [2.45, 2.75) is 12.6 Å². The zero-order valence-electron chi connectivity index (χ0n) is 15.7. The molecule has 0 saturated carbocycles. The monoisotopic (exact) mass is 421 g/mol. The fraction of sp³-hybridized carbons (Fsp3) is 0.300. The smallest absolute Gasteiger partial charge is 0.145 e. The fourth-order valence-corrected chi connectivity index (χ4v) is 3.38. The molecule has 0 aliphatic carbocycles. The van der Waals surface area contributed by atoms with Crippen LogP contribution in [0.2, 0.25) is 0 Å². The summed E-state index contributed by atoms with van der Waals surface area (Å²) in [6, 6.07) is 12.3. The molecule has 1 fully saturated rings. The summed E-state index contributed by atoms with van der Waals surface area (Å²) in [6.45, 7) is 3.66. The van der Waals surface area contributed by atoms with Crippen LogP contribution in [0.3, 0.4) is 0 Å². The number of rotatable bonds is 5. The van der Waals surface area contributed by atoms with Gasteiger partial charge in [-0.3, -0.25) is 9.88 Å². The summed E-state index contributed by atoms with van der Waals surface area (Å²) in [4.78, 5) is 11.2. The predicted octanol–water partition coefficient (Wildman–Crippen LogP) is 3.60. The van der Waals surface area contributed by atoms with Crippen molar-refractivity contribution in [3.8, 4) is 11.5 Å². The molecule has 3 heterocycles. The van der Waals surface area contributed by atoms with Gasteiger partial charge in [-0.05, 0) is 18.2 Å². The molecule has 2 aromatic heterocycles. The molecule has 1 N–H and O–H groups in total. The second-order valence-electron chi connectivity index (χ2n) is 6.49. The molecule has 1 aliphatic heterocycles. The van der Waals surface area contributed by atoms with Crippen molar-refractivity contribution in [2.75, 3.05) is 19.6 Å². The van der Waals surface area contributed by atoms with Crippen molar-refractivity contribution < 1.29 is 4.74 Å². The minimum Gasteiger partial charge on any atom is -0.455 e. The Hall–Kier alpha value is -2.12. The molecule has 0 spiro atoms. The first kappa shape index (κ1) is 22.2. The van der Waals surface area contributed by atoms with E-state index < -0.39 is 0 Å². The highest BCUT2D eigenvalue weighted by Crippen LogP contribution is 2.29. The number of hydrogen-bond acceptors (Lipinski definition) is 5. The van der Waals surface area contributed by atoms with Crippen molar-refractivity contribution in [3.05, 3.63) is 72.6 Å². The normalized spacial score (nSPS) is 16.7. The van der Waals surface area contributed by atoms with E-state index in [0.717, 1.165) is 49.1 Å². The van der Waals surface area contributed by atoms with Crippen LogP contribution in [0.5, 0.6) is 11.5 Å². The average Bonchev–Trinajstić information content (AvgIpc) is 3.10. The quantitative estimate of drug-likeness (QED) is 0.681. The van der Waals surface area contributed by atoms with Gasteiger partial charge in [-0.25, -0.2) is 4.98 Å². The number of benzene rings is 1. The lowest BCUT2D eigenvalue weighted by Gasteiger charge is -2.36. The van der Waals surface area contributed by atoms with E-state index in [1.54, 1.807) is 12.4 Å². The Kier molecular flexibility index (Phi) is 8.26. The van der Waals surface area contributed by atoms with Gasteiger partial charge < -0.3 is 14.6 Å². The van der Waals surface area contributed by atoms with Gasteiger partial charge in [0.1, 0.15) is 17.3 Å². The largest absolute Gasteiger partial charge is 0.455 e. The number of aryl methyl sites for hydroxylation is 1. The van der Waals surface area contributed by atoms with E-state index in [1.165, 1.54) is 0 Å². The molecular weight excluding hydrogens is 397 g/mol. The van der Waals surface area contributed by atoms with E-state index in [0.29, 0.717) is 0 Å².